The first kappa shape index (κ1) is 18.7. The zero-order valence-electron chi connectivity index (χ0n) is 14.6. The summed E-state index contributed by atoms with van der Waals surface area (Å²) in [6.45, 7) is 12.4. The van der Waals surface area contributed by atoms with Gasteiger partial charge in [0.2, 0.25) is 5.91 Å². The monoisotopic (exact) mass is 313 g/mol. The highest BCUT2D eigenvalue weighted by Gasteiger charge is 2.27. The molecule has 0 saturated carbocycles. The zero-order valence-corrected chi connectivity index (χ0v) is 14.6. The lowest BCUT2D eigenvalue weighted by Crippen LogP contribution is -2.53. The van der Waals surface area contributed by atoms with E-state index in [1.165, 1.54) is 0 Å². The summed E-state index contributed by atoms with van der Waals surface area (Å²) < 4.78 is 5.35. The number of piperazine rings is 1. The fraction of sp³-hybridized carbons (Fsp3) is 0.875. The minimum Gasteiger partial charge on any atom is -0.444 e. The van der Waals surface area contributed by atoms with Gasteiger partial charge in [0.25, 0.3) is 0 Å². The Bertz CT molecular complexity index is 371. The molecule has 1 aliphatic heterocycles. The molecule has 0 aliphatic carbocycles. The van der Waals surface area contributed by atoms with Crippen LogP contribution in [0.25, 0.3) is 0 Å². The topological polar surface area (TPSA) is 61.9 Å². The lowest BCUT2D eigenvalue weighted by atomic mass is 10.2. The molecule has 22 heavy (non-hydrogen) atoms. The minimum atomic E-state index is -0.483. The van der Waals surface area contributed by atoms with Gasteiger partial charge in [-0.05, 0) is 34.1 Å². The molecule has 2 amide bonds. The minimum absolute atomic E-state index is 0.104. The van der Waals surface area contributed by atoms with E-state index in [1.54, 1.807) is 4.90 Å². The van der Waals surface area contributed by atoms with Crippen molar-refractivity contribution in [1.82, 2.24) is 15.1 Å². The largest absolute Gasteiger partial charge is 0.444 e. The number of carbonyl (C=O) groups is 2. The highest BCUT2D eigenvalue weighted by molar-refractivity contribution is 5.78. The maximum atomic E-state index is 12.1. The van der Waals surface area contributed by atoms with Crippen molar-refractivity contribution < 1.29 is 14.3 Å². The molecule has 1 atom stereocenters. The van der Waals surface area contributed by atoms with Crippen LogP contribution in [-0.4, -0.2) is 66.2 Å². The van der Waals surface area contributed by atoms with Crippen molar-refractivity contribution in [3.05, 3.63) is 0 Å². The molecule has 1 unspecified atom stereocenters. The van der Waals surface area contributed by atoms with Crippen LogP contribution in [0.3, 0.4) is 0 Å². The lowest BCUT2D eigenvalue weighted by molar-refractivity contribution is -0.132. The van der Waals surface area contributed by atoms with Gasteiger partial charge in [-0.15, -0.1) is 0 Å². The Balaban J connectivity index is 2.32. The molecule has 1 fully saturated rings. The molecule has 0 bridgehead atoms. The number of hydrogen-bond acceptors (Lipinski definition) is 4. The molecule has 1 saturated heterocycles. The average Bonchev–Trinajstić information content (AvgIpc) is 2.43. The molecule has 1 heterocycles. The second kappa shape index (κ2) is 8.36. The molecule has 0 aromatic rings. The van der Waals surface area contributed by atoms with Gasteiger partial charge in [-0.25, -0.2) is 4.79 Å². The van der Waals surface area contributed by atoms with Crippen LogP contribution in [0.5, 0.6) is 0 Å². The maximum absolute atomic E-state index is 12.1. The molecule has 0 radical (unpaired) electrons. The van der Waals surface area contributed by atoms with Crippen LogP contribution < -0.4 is 5.32 Å². The van der Waals surface area contributed by atoms with Crippen molar-refractivity contribution in [2.24, 2.45) is 0 Å². The van der Waals surface area contributed by atoms with Gasteiger partial charge in [0.1, 0.15) is 5.60 Å². The number of nitrogens with one attached hydrogen (secondary N) is 1. The third kappa shape index (κ3) is 6.64. The van der Waals surface area contributed by atoms with Crippen LogP contribution >= 0.6 is 0 Å². The van der Waals surface area contributed by atoms with E-state index < -0.39 is 5.60 Å². The highest BCUT2D eigenvalue weighted by atomic mass is 16.6. The number of ether oxygens (including phenoxy) is 1. The Morgan fingerprint density at radius 3 is 2.18 bits per heavy atom. The van der Waals surface area contributed by atoms with E-state index in [9.17, 15) is 9.59 Å². The number of rotatable bonds is 5. The van der Waals surface area contributed by atoms with E-state index in [4.69, 9.17) is 4.74 Å². The van der Waals surface area contributed by atoms with Gasteiger partial charge in [0.05, 0.1) is 6.54 Å². The summed E-state index contributed by atoms with van der Waals surface area (Å²) in [6, 6.07) is 0.358. The summed E-state index contributed by atoms with van der Waals surface area (Å²) in [6.07, 6.45) is 1.88. The fourth-order valence-electron chi connectivity index (χ4n) is 2.37. The standard InChI is InChI=1S/C16H31N3O3/c1-6-7-13(2)17-12-14(20)18-8-10-19(11-9-18)15(21)22-16(3,4)5/h13,17H,6-12H2,1-5H3. The third-order valence-electron chi connectivity index (χ3n) is 3.61. The van der Waals surface area contributed by atoms with Crippen LogP contribution in [0, 0.1) is 0 Å². The SMILES string of the molecule is CCCC(C)NCC(=O)N1CCN(C(=O)OC(C)(C)C)CC1. The number of carbonyl (C=O) groups excluding carboxylic acids is 2. The van der Waals surface area contributed by atoms with Crippen molar-refractivity contribution in [3.8, 4) is 0 Å². The van der Waals surface area contributed by atoms with Gasteiger partial charge in [-0.1, -0.05) is 13.3 Å². The van der Waals surface area contributed by atoms with E-state index in [1.807, 2.05) is 25.7 Å². The van der Waals surface area contributed by atoms with Gasteiger partial charge in [-0.3, -0.25) is 4.79 Å². The molecule has 1 aliphatic rings. The second-order valence-corrected chi connectivity index (χ2v) is 6.92. The van der Waals surface area contributed by atoms with Crippen molar-refractivity contribution in [2.75, 3.05) is 32.7 Å². The second-order valence-electron chi connectivity index (χ2n) is 6.92. The van der Waals surface area contributed by atoms with Crippen LogP contribution in [0.2, 0.25) is 0 Å². The zero-order chi connectivity index (χ0) is 16.8. The predicted molar refractivity (Wildman–Crippen MR) is 86.8 cm³/mol. The van der Waals surface area contributed by atoms with Crippen molar-refractivity contribution in [1.29, 1.82) is 0 Å². The van der Waals surface area contributed by atoms with Crippen molar-refractivity contribution >= 4 is 12.0 Å². The molecule has 1 rings (SSSR count). The summed E-state index contributed by atoms with van der Waals surface area (Å²) in [4.78, 5) is 27.6. The summed E-state index contributed by atoms with van der Waals surface area (Å²) in [7, 11) is 0. The molecule has 6 nitrogen and oxygen atoms in total. The average molecular weight is 313 g/mol. The molecular formula is C16H31N3O3. The molecule has 6 heteroatoms. The quantitative estimate of drug-likeness (QED) is 0.841. The molecule has 1 N–H and O–H groups in total. The first-order valence-corrected chi connectivity index (χ1v) is 8.22. The Kier molecular flexibility index (Phi) is 7.13. The molecule has 128 valence electrons. The first-order chi connectivity index (χ1) is 10.2. The van der Waals surface area contributed by atoms with E-state index in [-0.39, 0.29) is 12.0 Å². The predicted octanol–water partition coefficient (Wildman–Crippen LogP) is 1.84. The van der Waals surface area contributed by atoms with Crippen molar-refractivity contribution in [2.45, 2.75) is 59.1 Å². The van der Waals surface area contributed by atoms with Gasteiger partial charge < -0.3 is 19.9 Å². The van der Waals surface area contributed by atoms with Crippen LogP contribution in [0.15, 0.2) is 0 Å². The summed E-state index contributed by atoms with van der Waals surface area (Å²) in [5.41, 5.74) is -0.483. The van der Waals surface area contributed by atoms with E-state index in [2.05, 4.69) is 19.2 Å². The smallest absolute Gasteiger partial charge is 0.410 e. The number of nitrogens with zero attached hydrogens (tertiary/aromatic N) is 2. The number of amides is 2. The Hall–Kier alpha value is -1.30. The van der Waals surface area contributed by atoms with Crippen LogP contribution in [0.4, 0.5) is 4.79 Å². The van der Waals surface area contributed by atoms with E-state index >= 15 is 0 Å². The molecular weight excluding hydrogens is 282 g/mol. The summed E-state index contributed by atoms with van der Waals surface area (Å²) >= 11 is 0. The molecule has 0 aromatic carbocycles. The van der Waals surface area contributed by atoms with E-state index in [0.29, 0.717) is 38.8 Å². The van der Waals surface area contributed by atoms with Crippen LogP contribution in [0.1, 0.15) is 47.5 Å². The Morgan fingerprint density at radius 2 is 1.68 bits per heavy atom. The molecule has 0 aromatic heterocycles. The van der Waals surface area contributed by atoms with Crippen molar-refractivity contribution in [3.63, 3.8) is 0 Å². The Morgan fingerprint density at radius 1 is 1.14 bits per heavy atom. The highest BCUT2D eigenvalue weighted by Crippen LogP contribution is 2.11. The lowest BCUT2D eigenvalue weighted by Gasteiger charge is -2.35. The summed E-state index contributed by atoms with van der Waals surface area (Å²) in [5.74, 6) is 0.104. The number of hydrogen-bond donors (Lipinski definition) is 1. The van der Waals surface area contributed by atoms with Gasteiger partial charge in [-0.2, -0.15) is 0 Å². The Labute approximate surface area is 134 Å². The molecule has 0 spiro atoms. The fourth-order valence-corrected chi connectivity index (χ4v) is 2.37. The van der Waals surface area contributed by atoms with Gasteiger partial charge >= 0.3 is 6.09 Å². The van der Waals surface area contributed by atoms with Gasteiger partial charge in [0.15, 0.2) is 0 Å². The van der Waals surface area contributed by atoms with Gasteiger partial charge in [0, 0.05) is 32.2 Å². The summed E-state index contributed by atoms with van der Waals surface area (Å²) in [5, 5.41) is 3.25. The first-order valence-electron chi connectivity index (χ1n) is 8.22. The maximum Gasteiger partial charge on any atom is 0.410 e. The normalized spacial score (nSPS) is 17.3. The third-order valence-corrected chi connectivity index (χ3v) is 3.61. The van der Waals surface area contributed by atoms with E-state index in [0.717, 1.165) is 12.8 Å². The van der Waals surface area contributed by atoms with Crippen LogP contribution in [-0.2, 0) is 9.53 Å².